The SMILES string of the molecule is CCC(C)SCC(C)C(C)CC. The van der Waals surface area contributed by atoms with Crippen molar-refractivity contribution in [2.45, 2.75) is 52.7 Å². The zero-order valence-electron chi connectivity index (χ0n) is 9.26. The van der Waals surface area contributed by atoms with E-state index in [1.165, 1.54) is 18.6 Å². The number of rotatable bonds is 6. The predicted octanol–water partition coefficient (Wildman–Crippen LogP) is 4.20. The molecular weight excluding hydrogens is 164 g/mol. The molecule has 0 saturated heterocycles. The lowest BCUT2D eigenvalue weighted by Gasteiger charge is -2.19. The lowest BCUT2D eigenvalue weighted by atomic mass is 9.96. The van der Waals surface area contributed by atoms with E-state index >= 15 is 0 Å². The fourth-order valence-corrected chi connectivity index (χ4v) is 2.20. The van der Waals surface area contributed by atoms with Crippen LogP contribution in [0.4, 0.5) is 0 Å². The van der Waals surface area contributed by atoms with Gasteiger partial charge in [-0.3, -0.25) is 0 Å². The van der Waals surface area contributed by atoms with E-state index in [0.717, 1.165) is 17.1 Å². The minimum Gasteiger partial charge on any atom is -0.159 e. The van der Waals surface area contributed by atoms with Crippen LogP contribution in [0.2, 0.25) is 0 Å². The summed E-state index contributed by atoms with van der Waals surface area (Å²) < 4.78 is 0. The maximum absolute atomic E-state index is 2.38. The van der Waals surface area contributed by atoms with Crippen LogP contribution >= 0.6 is 11.8 Å². The van der Waals surface area contributed by atoms with Crippen LogP contribution in [0.25, 0.3) is 0 Å². The van der Waals surface area contributed by atoms with Crippen molar-refractivity contribution < 1.29 is 0 Å². The summed E-state index contributed by atoms with van der Waals surface area (Å²) in [6, 6.07) is 0. The number of thioether (sulfide) groups is 1. The van der Waals surface area contributed by atoms with Crippen LogP contribution < -0.4 is 0 Å². The zero-order chi connectivity index (χ0) is 9.56. The Hall–Kier alpha value is 0.350. The van der Waals surface area contributed by atoms with Crippen LogP contribution in [0, 0.1) is 11.8 Å². The molecule has 0 bridgehead atoms. The van der Waals surface area contributed by atoms with Gasteiger partial charge in [-0.15, -0.1) is 0 Å². The minimum atomic E-state index is 0.844. The van der Waals surface area contributed by atoms with Gasteiger partial charge in [0.25, 0.3) is 0 Å². The van der Waals surface area contributed by atoms with Gasteiger partial charge in [0.15, 0.2) is 0 Å². The first-order chi connectivity index (χ1) is 5.61. The quantitative estimate of drug-likeness (QED) is 0.602. The molecule has 0 fully saturated rings. The average Bonchev–Trinajstić information content (AvgIpc) is 2.11. The van der Waals surface area contributed by atoms with Gasteiger partial charge >= 0.3 is 0 Å². The van der Waals surface area contributed by atoms with Crippen molar-refractivity contribution in [3.05, 3.63) is 0 Å². The molecule has 0 aliphatic carbocycles. The first-order valence-corrected chi connectivity index (χ1v) is 6.28. The topological polar surface area (TPSA) is 0 Å². The first-order valence-electron chi connectivity index (χ1n) is 5.23. The molecule has 0 radical (unpaired) electrons. The number of hydrogen-bond donors (Lipinski definition) is 0. The Labute approximate surface area is 82.5 Å². The summed E-state index contributed by atoms with van der Waals surface area (Å²) in [4.78, 5) is 0. The molecule has 12 heavy (non-hydrogen) atoms. The molecule has 0 aromatic carbocycles. The molecule has 0 spiro atoms. The lowest BCUT2D eigenvalue weighted by molar-refractivity contribution is 0.413. The summed E-state index contributed by atoms with van der Waals surface area (Å²) in [5.41, 5.74) is 0. The van der Waals surface area contributed by atoms with Crippen molar-refractivity contribution in [2.24, 2.45) is 11.8 Å². The van der Waals surface area contributed by atoms with Gasteiger partial charge in [-0.2, -0.15) is 11.8 Å². The van der Waals surface area contributed by atoms with Gasteiger partial charge in [0, 0.05) is 5.25 Å². The molecule has 0 N–H and O–H groups in total. The molecule has 0 aliphatic heterocycles. The van der Waals surface area contributed by atoms with Crippen molar-refractivity contribution in [3.63, 3.8) is 0 Å². The smallest absolute Gasteiger partial charge is 0.00161 e. The molecule has 0 saturated carbocycles. The van der Waals surface area contributed by atoms with Crippen molar-refractivity contribution >= 4 is 11.8 Å². The van der Waals surface area contributed by atoms with Crippen molar-refractivity contribution in [2.75, 3.05) is 5.75 Å². The Kier molecular flexibility index (Phi) is 7.02. The van der Waals surface area contributed by atoms with Crippen molar-refractivity contribution in [1.29, 1.82) is 0 Å². The Morgan fingerprint density at radius 1 is 0.917 bits per heavy atom. The third kappa shape index (κ3) is 5.08. The molecule has 3 unspecified atom stereocenters. The fourth-order valence-electron chi connectivity index (χ4n) is 1.00. The molecule has 0 nitrogen and oxygen atoms in total. The van der Waals surface area contributed by atoms with Gasteiger partial charge < -0.3 is 0 Å². The van der Waals surface area contributed by atoms with Crippen LogP contribution in [-0.2, 0) is 0 Å². The molecule has 0 aromatic heterocycles. The molecule has 0 aliphatic rings. The summed E-state index contributed by atoms with van der Waals surface area (Å²) >= 11 is 2.13. The second-order valence-corrected chi connectivity index (χ2v) is 5.39. The maximum Gasteiger partial charge on any atom is 0.00161 e. The van der Waals surface area contributed by atoms with Crippen LogP contribution in [0.3, 0.4) is 0 Å². The molecule has 0 amide bonds. The second-order valence-electron chi connectivity index (χ2n) is 3.92. The summed E-state index contributed by atoms with van der Waals surface area (Å²) in [7, 11) is 0. The predicted molar refractivity (Wildman–Crippen MR) is 60.8 cm³/mol. The monoisotopic (exact) mass is 188 g/mol. The molecule has 0 rings (SSSR count). The summed E-state index contributed by atoms with van der Waals surface area (Å²) in [6.07, 6.45) is 2.63. The second kappa shape index (κ2) is 6.82. The molecule has 0 heterocycles. The van der Waals surface area contributed by atoms with E-state index in [-0.39, 0.29) is 0 Å². The van der Waals surface area contributed by atoms with Crippen LogP contribution in [0.1, 0.15) is 47.5 Å². The molecule has 3 atom stereocenters. The summed E-state index contributed by atoms with van der Waals surface area (Å²) in [5, 5.41) is 0.844. The molecule has 1 heteroatoms. The Morgan fingerprint density at radius 3 is 1.92 bits per heavy atom. The van der Waals surface area contributed by atoms with E-state index in [9.17, 15) is 0 Å². The highest BCUT2D eigenvalue weighted by Crippen LogP contribution is 2.23. The molecular formula is C11H24S. The maximum atomic E-state index is 2.38. The van der Waals surface area contributed by atoms with E-state index in [4.69, 9.17) is 0 Å². The third-order valence-corrected chi connectivity index (χ3v) is 4.45. The standard InChI is InChI=1S/C11H24S/c1-6-9(3)10(4)8-12-11(5)7-2/h9-11H,6-8H2,1-5H3. The lowest BCUT2D eigenvalue weighted by Crippen LogP contribution is -2.11. The van der Waals surface area contributed by atoms with Crippen molar-refractivity contribution in [1.82, 2.24) is 0 Å². The third-order valence-electron chi connectivity index (χ3n) is 2.83. The summed E-state index contributed by atoms with van der Waals surface area (Å²) in [6.45, 7) is 11.6. The van der Waals surface area contributed by atoms with Gasteiger partial charge in [-0.1, -0.05) is 41.0 Å². The van der Waals surface area contributed by atoms with Crippen molar-refractivity contribution in [3.8, 4) is 0 Å². The Morgan fingerprint density at radius 2 is 1.50 bits per heavy atom. The van der Waals surface area contributed by atoms with Gasteiger partial charge in [-0.25, -0.2) is 0 Å². The highest BCUT2D eigenvalue weighted by molar-refractivity contribution is 7.99. The first kappa shape index (κ1) is 12.3. The highest BCUT2D eigenvalue weighted by Gasteiger charge is 2.11. The van der Waals surface area contributed by atoms with E-state index in [0.29, 0.717) is 0 Å². The molecule has 0 aromatic rings. The van der Waals surface area contributed by atoms with Crippen LogP contribution in [0.5, 0.6) is 0 Å². The van der Waals surface area contributed by atoms with Gasteiger partial charge in [0.2, 0.25) is 0 Å². The Balaban J connectivity index is 3.49. The minimum absolute atomic E-state index is 0.844. The van der Waals surface area contributed by atoms with Crippen LogP contribution in [0.15, 0.2) is 0 Å². The highest BCUT2D eigenvalue weighted by atomic mass is 32.2. The molecule has 74 valence electrons. The van der Waals surface area contributed by atoms with Gasteiger partial charge in [-0.05, 0) is 24.0 Å². The largest absolute Gasteiger partial charge is 0.159 e. The van der Waals surface area contributed by atoms with Crippen LogP contribution in [-0.4, -0.2) is 11.0 Å². The van der Waals surface area contributed by atoms with Gasteiger partial charge in [0.05, 0.1) is 0 Å². The van der Waals surface area contributed by atoms with E-state index in [1.807, 2.05) is 0 Å². The van der Waals surface area contributed by atoms with Gasteiger partial charge in [0.1, 0.15) is 0 Å². The Bertz CT molecular complexity index is 101. The van der Waals surface area contributed by atoms with E-state index < -0.39 is 0 Å². The van der Waals surface area contributed by atoms with E-state index in [1.54, 1.807) is 0 Å². The zero-order valence-corrected chi connectivity index (χ0v) is 10.1. The average molecular weight is 188 g/mol. The number of hydrogen-bond acceptors (Lipinski definition) is 1. The summed E-state index contributed by atoms with van der Waals surface area (Å²) in [5.74, 6) is 3.11. The van der Waals surface area contributed by atoms with E-state index in [2.05, 4.69) is 46.4 Å². The normalized spacial score (nSPS) is 18.8. The fraction of sp³-hybridized carbons (Fsp3) is 1.00.